The van der Waals surface area contributed by atoms with Crippen LogP contribution in [0.25, 0.3) is 16.1 Å². The van der Waals surface area contributed by atoms with Crippen LogP contribution >= 0.6 is 11.3 Å². The van der Waals surface area contributed by atoms with Crippen LogP contribution in [0.1, 0.15) is 39.6 Å². The zero-order chi connectivity index (χ0) is 18.4. The molecule has 5 rings (SSSR count). The number of hydrogen-bond donors (Lipinski definition) is 1. The lowest BCUT2D eigenvalue weighted by Gasteiger charge is -2.15. The van der Waals surface area contributed by atoms with E-state index in [1.54, 1.807) is 11.3 Å². The third-order valence-corrected chi connectivity index (χ3v) is 6.24. The Morgan fingerprint density at radius 2 is 1.93 bits per heavy atom. The Balaban J connectivity index is 1.42. The number of amides is 1. The van der Waals surface area contributed by atoms with E-state index in [9.17, 15) is 4.79 Å². The molecule has 0 fully saturated rings. The van der Waals surface area contributed by atoms with Crippen molar-refractivity contribution in [3.05, 3.63) is 76.6 Å². The molecular formula is C21H18N4OS. The minimum Gasteiger partial charge on any atom is -0.342 e. The highest BCUT2D eigenvalue weighted by Crippen LogP contribution is 2.39. The molecular weight excluding hydrogens is 356 g/mol. The van der Waals surface area contributed by atoms with Crippen LogP contribution in [-0.2, 0) is 12.8 Å². The van der Waals surface area contributed by atoms with Crippen LogP contribution in [-0.4, -0.2) is 20.5 Å². The first-order valence-electron chi connectivity index (χ1n) is 9.02. The second-order valence-electron chi connectivity index (χ2n) is 6.80. The van der Waals surface area contributed by atoms with E-state index in [0.29, 0.717) is 0 Å². The second kappa shape index (κ2) is 6.32. The summed E-state index contributed by atoms with van der Waals surface area (Å²) in [6.07, 6.45) is 3.93. The minimum absolute atomic E-state index is 0.0629. The first kappa shape index (κ1) is 16.2. The van der Waals surface area contributed by atoms with Gasteiger partial charge in [0.25, 0.3) is 5.91 Å². The number of carbonyl (C=O) groups is 1. The lowest BCUT2D eigenvalue weighted by molar-refractivity contribution is 0.0942. The number of rotatable bonds is 3. The van der Waals surface area contributed by atoms with Crippen molar-refractivity contribution in [3.63, 3.8) is 0 Å². The predicted octanol–water partition coefficient (Wildman–Crippen LogP) is 4.05. The van der Waals surface area contributed by atoms with Gasteiger partial charge in [-0.05, 0) is 54.7 Å². The van der Waals surface area contributed by atoms with Crippen LogP contribution < -0.4 is 5.32 Å². The number of fused-ring (bicyclic) bond motifs is 4. The maximum atomic E-state index is 12.9. The molecule has 27 heavy (non-hydrogen) atoms. The molecule has 0 spiro atoms. The number of thiophene rings is 1. The normalized spacial score (nSPS) is 13.8. The van der Waals surface area contributed by atoms with E-state index in [4.69, 9.17) is 0 Å². The third-order valence-electron chi connectivity index (χ3n) is 5.03. The SMILES string of the molecule is CC(NC(=O)c1cc2c(s1)-c1ccccc1CC2)c1nnc2ccccn12. The Bertz CT molecular complexity index is 1160. The Morgan fingerprint density at radius 3 is 2.85 bits per heavy atom. The van der Waals surface area contributed by atoms with Crippen molar-refractivity contribution in [1.82, 2.24) is 19.9 Å². The molecule has 1 N–H and O–H groups in total. The minimum atomic E-state index is -0.235. The van der Waals surface area contributed by atoms with Crippen molar-refractivity contribution in [2.24, 2.45) is 0 Å². The van der Waals surface area contributed by atoms with Gasteiger partial charge in [0.15, 0.2) is 11.5 Å². The Labute approximate surface area is 160 Å². The third kappa shape index (κ3) is 2.73. The van der Waals surface area contributed by atoms with E-state index in [2.05, 4.69) is 39.8 Å². The summed E-state index contributed by atoms with van der Waals surface area (Å²) < 4.78 is 1.90. The average molecular weight is 374 g/mol. The summed E-state index contributed by atoms with van der Waals surface area (Å²) in [6, 6.07) is 16.0. The number of aromatic nitrogens is 3. The Hall–Kier alpha value is -2.99. The van der Waals surface area contributed by atoms with Gasteiger partial charge in [0.05, 0.1) is 10.9 Å². The summed E-state index contributed by atoms with van der Waals surface area (Å²) in [5, 5.41) is 11.5. The number of hydrogen-bond acceptors (Lipinski definition) is 4. The van der Waals surface area contributed by atoms with Crippen molar-refractivity contribution in [3.8, 4) is 10.4 Å². The van der Waals surface area contributed by atoms with Gasteiger partial charge < -0.3 is 5.32 Å². The maximum Gasteiger partial charge on any atom is 0.261 e. The van der Waals surface area contributed by atoms with Crippen LogP contribution in [0, 0.1) is 0 Å². The molecule has 0 bridgehead atoms. The average Bonchev–Trinajstić information content (AvgIpc) is 3.32. The van der Waals surface area contributed by atoms with Gasteiger partial charge in [0, 0.05) is 11.1 Å². The molecule has 134 valence electrons. The van der Waals surface area contributed by atoms with Crippen LogP contribution in [0.5, 0.6) is 0 Å². The van der Waals surface area contributed by atoms with Gasteiger partial charge in [-0.1, -0.05) is 30.3 Å². The number of carbonyl (C=O) groups excluding carboxylic acids is 1. The quantitative estimate of drug-likeness (QED) is 0.589. The monoisotopic (exact) mass is 374 g/mol. The standard InChI is InChI=1S/C21H18N4OS/c1-13(20-24-23-18-8-4-5-11-25(18)20)22-21(26)17-12-15-10-9-14-6-2-3-7-16(14)19(15)27-17/h2-8,11-13H,9-10H2,1H3,(H,22,26). The molecule has 5 nitrogen and oxygen atoms in total. The summed E-state index contributed by atoms with van der Waals surface area (Å²) in [5.41, 5.74) is 4.67. The van der Waals surface area contributed by atoms with E-state index < -0.39 is 0 Å². The topological polar surface area (TPSA) is 59.3 Å². The van der Waals surface area contributed by atoms with Crippen molar-refractivity contribution in [2.45, 2.75) is 25.8 Å². The second-order valence-corrected chi connectivity index (χ2v) is 7.86. The largest absolute Gasteiger partial charge is 0.342 e. The predicted molar refractivity (Wildman–Crippen MR) is 106 cm³/mol. The first-order chi connectivity index (χ1) is 13.2. The van der Waals surface area contributed by atoms with Crippen LogP contribution in [0.15, 0.2) is 54.7 Å². The molecule has 1 amide bonds. The fourth-order valence-electron chi connectivity index (χ4n) is 3.67. The molecule has 6 heteroatoms. The number of nitrogens with one attached hydrogen (secondary N) is 1. The van der Waals surface area contributed by atoms with E-state index in [1.807, 2.05) is 41.8 Å². The number of benzene rings is 1. The van der Waals surface area contributed by atoms with Crippen molar-refractivity contribution >= 4 is 22.9 Å². The lowest BCUT2D eigenvalue weighted by Crippen LogP contribution is -2.27. The molecule has 1 aliphatic rings. The highest BCUT2D eigenvalue weighted by Gasteiger charge is 2.23. The molecule has 3 heterocycles. The summed E-state index contributed by atoms with van der Waals surface area (Å²) in [6.45, 7) is 1.93. The zero-order valence-electron chi connectivity index (χ0n) is 14.8. The van der Waals surface area contributed by atoms with Crippen molar-refractivity contribution < 1.29 is 4.79 Å². The van der Waals surface area contributed by atoms with Gasteiger partial charge >= 0.3 is 0 Å². The van der Waals surface area contributed by atoms with Gasteiger partial charge in [-0.3, -0.25) is 9.20 Å². The molecule has 1 aromatic carbocycles. The lowest BCUT2D eigenvalue weighted by atomic mass is 9.91. The fourth-order valence-corrected chi connectivity index (χ4v) is 4.84. The van der Waals surface area contributed by atoms with E-state index in [0.717, 1.165) is 29.2 Å². The van der Waals surface area contributed by atoms with E-state index >= 15 is 0 Å². The van der Waals surface area contributed by atoms with Crippen LogP contribution in [0.2, 0.25) is 0 Å². The first-order valence-corrected chi connectivity index (χ1v) is 9.84. The van der Waals surface area contributed by atoms with Gasteiger partial charge in [-0.15, -0.1) is 21.5 Å². The van der Waals surface area contributed by atoms with Gasteiger partial charge in [-0.2, -0.15) is 0 Å². The molecule has 3 aromatic heterocycles. The number of pyridine rings is 1. The van der Waals surface area contributed by atoms with Crippen LogP contribution in [0.4, 0.5) is 0 Å². The van der Waals surface area contributed by atoms with Gasteiger partial charge in [-0.25, -0.2) is 0 Å². The Kier molecular flexibility index (Phi) is 3.79. The zero-order valence-corrected chi connectivity index (χ0v) is 15.7. The summed E-state index contributed by atoms with van der Waals surface area (Å²) in [4.78, 5) is 14.8. The molecule has 0 aliphatic heterocycles. The van der Waals surface area contributed by atoms with Gasteiger partial charge in [0.1, 0.15) is 0 Å². The fraction of sp³-hybridized carbons (Fsp3) is 0.190. The number of aryl methyl sites for hydroxylation is 2. The summed E-state index contributed by atoms with van der Waals surface area (Å²) >= 11 is 1.57. The molecule has 0 saturated carbocycles. The number of nitrogens with zero attached hydrogens (tertiary/aromatic N) is 3. The van der Waals surface area contributed by atoms with Gasteiger partial charge in [0.2, 0.25) is 0 Å². The van der Waals surface area contributed by atoms with Crippen LogP contribution in [0.3, 0.4) is 0 Å². The van der Waals surface area contributed by atoms with E-state index in [-0.39, 0.29) is 11.9 Å². The molecule has 1 aliphatic carbocycles. The highest BCUT2D eigenvalue weighted by molar-refractivity contribution is 7.17. The molecule has 1 unspecified atom stereocenters. The van der Waals surface area contributed by atoms with Crippen molar-refractivity contribution in [2.75, 3.05) is 0 Å². The maximum absolute atomic E-state index is 12.9. The molecule has 4 aromatic rings. The molecule has 0 saturated heterocycles. The summed E-state index contributed by atoms with van der Waals surface area (Å²) in [5.74, 6) is 0.665. The molecule has 0 radical (unpaired) electrons. The van der Waals surface area contributed by atoms with Crippen molar-refractivity contribution in [1.29, 1.82) is 0 Å². The Morgan fingerprint density at radius 1 is 1.11 bits per heavy atom. The highest BCUT2D eigenvalue weighted by atomic mass is 32.1. The smallest absolute Gasteiger partial charge is 0.261 e. The summed E-state index contributed by atoms with van der Waals surface area (Å²) in [7, 11) is 0. The van der Waals surface area contributed by atoms with E-state index in [1.165, 1.54) is 21.6 Å². The molecule has 1 atom stereocenters.